The third-order valence-electron chi connectivity index (χ3n) is 6.53. The van der Waals surface area contributed by atoms with E-state index in [4.69, 9.17) is 14.8 Å². The number of carbonyl (C=O) groups excluding carboxylic acids is 1. The number of fused-ring (bicyclic) bond motifs is 1. The average Bonchev–Trinajstić information content (AvgIpc) is 3.47. The zero-order valence-electron chi connectivity index (χ0n) is 19.0. The standard InChI is InChI=1S/C25H31N5O2/c1-3-30-22-11-12-28(23(31)17-32-16-20-7-5-4-6-8-20)15-21(22)24(27-30)25-26-13-18(2)29(25)14-19-9-10-19/h4-8,13,19H,3,9-12,14-17H2,1-2H3. The van der Waals surface area contributed by atoms with Crippen LogP contribution >= 0.6 is 0 Å². The molecule has 1 aliphatic heterocycles. The van der Waals surface area contributed by atoms with Gasteiger partial charge in [0.1, 0.15) is 12.3 Å². The highest BCUT2D eigenvalue weighted by atomic mass is 16.5. The van der Waals surface area contributed by atoms with Gasteiger partial charge in [-0.2, -0.15) is 5.10 Å². The number of rotatable bonds is 8. The summed E-state index contributed by atoms with van der Waals surface area (Å²) >= 11 is 0. The van der Waals surface area contributed by atoms with E-state index in [2.05, 4.69) is 23.1 Å². The summed E-state index contributed by atoms with van der Waals surface area (Å²) < 4.78 is 10.1. The molecule has 1 saturated carbocycles. The smallest absolute Gasteiger partial charge is 0.248 e. The first-order chi connectivity index (χ1) is 15.6. The highest BCUT2D eigenvalue weighted by Crippen LogP contribution is 2.35. The van der Waals surface area contributed by atoms with Crippen LogP contribution in [0.5, 0.6) is 0 Å². The Labute approximate surface area is 189 Å². The van der Waals surface area contributed by atoms with E-state index in [0.29, 0.717) is 19.7 Å². The van der Waals surface area contributed by atoms with E-state index in [1.807, 2.05) is 41.4 Å². The average molecular weight is 434 g/mol. The van der Waals surface area contributed by atoms with Gasteiger partial charge in [-0.05, 0) is 38.2 Å². The molecule has 7 nitrogen and oxygen atoms in total. The Bertz CT molecular complexity index is 1100. The number of benzene rings is 1. The maximum atomic E-state index is 12.9. The van der Waals surface area contributed by atoms with Crippen molar-refractivity contribution >= 4 is 5.91 Å². The number of ether oxygens (including phenoxy) is 1. The number of aromatic nitrogens is 4. The molecule has 3 aromatic rings. The summed E-state index contributed by atoms with van der Waals surface area (Å²) in [6.07, 6.45) is 5.34. The third kappa shape index (κ3) is 4.21. The molecule has 0 spiro atoms. The second kappa shape index (κ2) is 8.90. The summed E-state index contributed by atoms with van der Waals surface area (Å²) in [5, 5.41) is 4.94. The van der Waals surface area contributed by atoms with Crippen molar-refractivity contribution in [1.82, 2.24) is 24.2 Å². The fourth-order valence-corrected chi connectivity index (χ4v) is 4.51. The predicted molar refractivity (Wildman–Crippen MR) is 122 cm³/mol. The van der Waals surface area contributed by atoms with Crippen molar-refractivity contribution in [2.45, 2.75) is 59.4 Å². The number of amides is 1. The number of hydrogen-bond acceptors (Lipinski definition) is 4. The molecule has 1 aliphatic carbocycles. The van der Waals surface area contributed by atoms with Crippen LogP contribution in [0.4, 0.5) is 0 Å². The zero-order valence-corrected chi connectivity index (χ0v) is 19.0. The minimum absolute atomic E-state index is 0.0271. The van der Waals surface area contributed by atoms with Gasteiger partial charge in [-0.25, -0.2) is 4.98 Å². The van der Waals surface area contributed by atoms with Crippen molar-refractivity contribution < 1.29 is 9.53 Å². The van der Waals surface area contributed by atoms with E-state index in [1.54, 1.807) is 0 Å². The molecule has 5 rings (SSSR count). The van der Waals surface area contributed by atoms with Gasteiger partial charge in [0, 0.05) is 55.7 Å². The number of carbonyl (C=O) groups is 1. The molecular formula is C25H31N5O2. The molecule has 1 amide bonds. The SMILES string of the molecule is CCn1nc(-c2ncc(C)n2CC2CC2)c2c1CCN(C(=O)COCc1ccccc1)C2. The Kier molecular flexibility index (Phi) is 5.83. The fourth-order valence-electron chi connectivity index (χ4n) is 4.51. The van der Waals surface area contributed by atoms with E-state index >= 15 is 0 Å². The topological polar surface area (TPSA) is 65.2 Å². The molecule has 0 radical (unpaired) electrons. The molecule has 32 heavy (non-hydrogen) atoms. The van der Waals surface area contributed by atoms with E-state index in [-0.39, 0.29) is 12.5 Å². The van der Waals surface area contributed by atoms with Crippen molar-refractivity contribution in [3.8, 4) is 11.5 Å². The Morgan fingerprint density at radius 2 is 2.03 bits per heavy atom. The van der Waals surface area contributed by atoms with Crippen LogP contribution in [0.1, 0.15) is 42.3 Å². The first-order valence-corrected chi connectivity index (χ1v) is 11.6. The van der Waals surface area contributed by atoms with Crippen LogP contribution in [0, 0.1) is 12.8 Å². The molecule has 0 saturated heterocycles. The van der Waals surface area contributed by atoms with Crippen LogP contribution in [0.15, 0.2) is 36.5 Å². The largest absolute Gasteiger partial charge is 0.367 e. The van der Waals surface area contributed by atoms with E-state index in [1.165, 1.54) is 24.2 Å². The van der Waals surface area contributed by atoms with Gasteiger partial charge in [-0.1, -0.05) is 30.3 Å². The molecular weight excluding hydrogens is 402 g/mol. The van der Waals surface area contributed by atoms with Gasteiger partial charge in [0.2, 0.25) is 5.91 Å². The maximum absolute atomic E-state index is 12.9. The van der Waals surface area contributed by atoms with Gasteiger partial charge >= 0.3 is 0 Å². The Morgan fingerprint density at radius 3 is 2.78 bits per heavy atom. The molecule has 3 heterocycles. The summed E-state index contributed by atoms with van der Waals surface area (Å²) in [7, 11) is 0. The van der Waals surface area contributed by atoms with Gasteiger partial charge in [0.05, 0.1) is 6.61 Å². The van der Waals surface area contributed by atoms with Crippen molar-refractivity contribution in [3.05, 3.63) is 59.0 Å². The van der Waals surface area contributed by atoms with Crippen LogP contribution in [0.3, 0.4) is 0 Å². The molecule has 0 N–H and O–H groups in total. The van der Waals surface area contributed by atoms with Crippen LogP contribution in [-0.2, 0) is 42.2 Å². The first-order valence-electron chi connectivity index (χ1n) is 11.6. The molecule has 168 valence electrons. The number of imidazole rings is 1. The van der Waals surface area contributed by atoms with Crippen LogP contribution in [0.2, 0.25) is 0 Å². The number of aryl methyl sites for hydroxylation is 2. The van der Waals surface area contributed by atoms with E-state index in [0.717, 1.165) is 48.1 Å². The third-order valence-corrected chi connectivity index (χ3v) is 6.53. The predicted octanol–water partition coefficient (Wildman–Crippen LogP) is 3.59. The molecule has 0 unspecified atom stereocenters. The second-order valence-corrected chi connectivity index (χ2v) is 8.91. The maximum Gasteiger partial charge on any atom is 0.248 e. The lowest BCUT2D eigenvalue weighted by Gasteiger charge is -2.28. The molecule has 7 heteroatoms. The van der Waals surface area contributed by atoms with Gasteiger partial charge < -0.3 is 14.2 Å². The van der Waals surface area contributed by atoms with Crippen LogP contribution < -0.4 is 0 Å². The normalized spacial score (nSPS) is 15.8. The number of hydrogen-bond donors (Lipinski definition) is 0. The highest BCUT2D eigenvalue weighted by molar-refractivity contribution is 5.78. The van der Waals surface area contributed by atoms with Crippen molar-refractivity contribution in [2.24, 2.45) is 5.92 Å². The summed E-state index contributed by atoms with van der Waals surface area (Å²) in [6.45, 7) is 7.86. The van der Waals surface area contributed by atoms with Gasteiger partial charge in [0.15, 0.2) is 5.82 Å². The summed E-state index contributed by atoms with van der Waals surface area (Å²) in [5.74, 6) is 1.72. The molecule has 2 aromatic heterocycles. The van der Waals surface area contributed by atoms with Crippen molar-refractivity contribution in [2.75, 3.05) is 13.2 Å². The molecule has 0 atom stereocenters. The minimum atomic E-state index is 0.0271. The highest BCUT2D eigenvalue weighted by Gasteiger charge is 2.31. The quantitative estimate of drug-likeness (QED) is 0.545. The van der Waals surface area contributed by atoms with Gasteiger partial charge in [-0.3, -0.25) is 9.48 Å². The van der Waals surface area contributed by atoms with E-state index < -0.39 is 0 Å². The van der Waals surface area contributed by atoms with Gasteiger partial charge in [-0.15, -0.1) is 0 Å². The van der Waals surface area contributed by atoms with E-state index in [9.17, 15) is 4.79 Å². The minimum Gasteiger partial charge on any atom is -0.367 e. The molecule has 2 aliphatic rings. The van der Waals surface area contributed by atoms with Crippen molar-refractivity contribution in [1.29, 1.82) is 0 Å². The monoisotopic (exact) mass is 433 g/mol. The Morgan fingerprint density at radius 1 is 1.22 bits per heavy atom. The lowest BCUT2D eigenvalue weighted by molar-refractivity contribution is -0.137. The molecule has 1 fully saturated rings. The molecule has 1 aromatic carbocycles. The van der Waals surface area contributed by atoms with Gasteiger partial charge in [0.25, 0.3) is 0 Å². The van der Waals surface area contributed by atoms with Crippen LogP contribution in [-0.4, -0.2) is 43.3 Å². The zero-order chi connectivity index (χ0) is 22.1. The lowest BCUT2D eigenvalue weighted by Crippen LogP contribution is -2.38. The Balaban J connectivity index is 1.33. The Hall–Kier alpha value is -2.93. The second-order valence-electron chi connectivity index (χ2n) is 8.91. The first kappa shape index (κ1) is 20.9. The summed E-state index contributed by atoms with van der Waals surface area (Å²) in [5.41, 5.74) is 5.54. The lowest BCUT2D eigenvalue weighted by atomic mass is 10.0. The fraction of sp³-hybridized carbons (Fsp3) is 0.480. The van der Waals surface area contributed by atoms with Crippen LogP contribution in [0.25, 0.3) is 11.5 Å². The summed E-state index contributed by atoms with van der Waals surface area (Å²) in [4.78, 5) is 19.5. The van der Waals surface area contributed by atoms with Crippen molar-refractivity contribution in [3.63, 3.8) is 0 Å². The molecule has 0 bridgehead atoms. The summed E-state index contributed by atoms with van der Waals surface area (Å²) in [6, 6.07) is 9.96. The number of nitrogens with zero attached hydrogens (tertiary/aromatic N) is 5.